The molecule has 0 radical (unpaired) electrons. The van der Waals surface area contributed by atoms with Crippen LogP contribution in [0.3, 0.4) is 0 Å². The Morgan fingerprint density at radius 2 is 1.30 bits per heavy atom. The van der Waals surface area contributed by atoms with E-state index in [2.05, 4.69) is 151 Å². The molecule has 40 heavy (non-hydrogen) atoms. The van der Waals surface area contributed by atoms with E-state index >= 15 is 0 Å². The molecule has 5 aromatic rings. The molecule has 0 atom stereocenters. The molecule has 0 bridgehead atoms. The van der Waals surface area contributed by atoms with Gasteiger partial charge in [0.2, 0.25) is 12.7 Å². The molecule has 0 aliphatic rings. The van der Waals surface area contributed by atoms with Crippen molar-refractivity contribution in [1.29, 1.82) is 0 Å². The molecule has 2 heterocycles. The summed E-state index contributed by atoms with van der Waals surface area (Å²) in [5.74, 6) is 1.12. The average molecular weight is 779 g/mol. The van der Waals surface area contributed by atoms with Gasteiger partial charge < -0.3 is 52.2 Å². The summed E-state index contributed by atoms with van der Waals surface area (Å²) in [6.45, 7) is 15.1. The smallest absolute Gasteiger partial charge is 1.00 e. The maximum atomic E-state index is 3.53. The molecule has 0 aliphatic heterocycles. The van der Waals surface area contributed by atoms with Gasteiger partial charge in [-0.3, -0.25) is 0 Å². The van der Waals surface area contributed by atoms with Crippen LogP contribution >= 0.6 is 11.8 Å². The predicted octanol–water partition coefficient (Wildman–Crippen LogP) is 0.815. The quantitative estimate of drug-likeness (QED) is 0.130. The number of hydrogen-bond acceptors (Lipinski definition) is 1. The van der Waals surface area contributed by atoms with Crippen molar-refractivity contribution in [2.75, 3.05) is 5.75 Å². The Morgan fingerprint density at radius 1 is 0.725 bits per heavy atom. The molecule has 2 aromatic heterocycles. The van der Waals surface area contributed by atoms with Gasteiger partial charge in [-0.2, -0.15) is 11.8 Å². The second kappa shape index (κ2) is 17.5. The molecule has 0 N–H and O–H groups in total. The van der Waals surface area contributed by atoms with E-state index in [0.717, 1.165) is 18.8 Å². The summed E-state index contributed by atoms with van der Waals surface area (Å²) >= 11 is 2.00. The Balaban J connectivity index is 0.000000395. The number of halogens is 2. The topological polar surface area (TPSA) is 17.6 Å². The van der Waals surface area contributed by atoms with Gasteiger partial charge in [-0.1, -0.05) is 92.7 Å². The van der Waals surface area contributed by atoms with Gasteiger partial charge in [0.25, 0.3) is 0 Å². The van der Waals surface area contributed by atoms with Crippen molar-refractivity contribution in [2.45, 2.75) is 72.0 Å². The van der Waals surface area contributed by atoms with Crippen molar-refractivity contribution in [2.24, 2.45) is 0 Å². The van der Waals surface area contributed by atoms with Crippen LogP contribution in [-0.4, -0.2) is 20.1 Å². The third-order valence-electron chi connectivity index (χ3n) is 6.30. The van der Waals surface area contributed by atoms with Crippen molar-refractivity contribution in [1.82, 2.24) is 9.13 Å². The Bertz CT molecular complexity index is 1390. The average Bonchev–Trinajstić information content (AvgIpc) is 3.44. The summed E-state index contributed by atoms with van der Waals surface area (Å²) in [6.07, 6.45) is 6.95. The summed E-state index contributed by atoms with van der Waals surface area (Å²) in [5.41, 5.74) is 6.36. The first-order valence-corrected chi connectivity index (χ1v) is 14.4. The van der Waals surface area contributed by atoms with E-state index in [1.807, 2.05) is 11.8 Å². The van der Waals surface area contributed by atoms with Gasteiger partial charge in [0.1, 0.15) is 0 Å². The number of hydrogen-bond donors (Lipinski definition) is 0. The number of imidazole rings is 2. The van der Waals surface area contributed by atoms with Crippen LogP contribution in [0.15, 0.2) is 78.9 Å². The molecule has 0 fully saturated rings. The van der Waals surface area contributed by atoms with Crippen LogP contribution in [-0.2, 0) is 33.5 Å². The van der Waals surface area contributed by atoms with Gasteiger partial charge >= 0.3 is 20.4 Å². The molecule has 5 rings (SSSR count). The van der Waals surface area contributed by atoms with Crippen LogP contribution in [0.25, 0.3) is 22.1 Å². The number of thioether (sulfide) groups is 1. The maximum absolute atomic E-state index is 3.53. The van der Waals surface area contributed by atoms with Crippen molar-refractivity contribution in [3.8, 4) is 0 Å². The summed E-state index contributed by atoms with van der Waals surface area (Å²) in [4.78, 5) is 0. The first-order valence-electron chi connectivity index (χ1n) is 13.3. The molecule has 0 saturated carbocycles. The SMILES string of the molecule is CC(C)SCC[n+]1[c-]n(Cc2ccccc2)c2ccccc21.CC(C)n1[c-][n+](C(C)C)c2ccccc21.[Br-].[Br-].[Pd+2]. The fourth-order valence-corrected chi connectivity index (χ4v) is 5.25. The Labute approximate surface area is 279 Å². The summed E-state index contributed by atoms with van der Waals surface area (Å²) in [5, 5.41) is 0.679. The molecule has 0 aliphatic carbocycles. The molecular weight excluding hydrogens is 739 g/mol. The van der Waals surface area contributed by atoms with Gasteiger partial charge in [0, 0.05) is 27.8 Å². The Hall–Kier alpha value is -1.43. The summed E-state index contributed by atoms with van der Waals surface area (Å²) in [6, 6.07) is 28.5. The number of nitrogens with zero attached hydrogens (tertiary/aromatic N) is 4. The van der Waals surface area contributed by atoms with Gasteiger partial charge in [-0.25, -0.2) is 0 Å². The van der Waals surface area contributed by atoms with E-state index in [-0.39, 0.29) is 54.4 Å². The Morgan fingerprint density at radius 3 is 1.90 bits per heavy atom. The maximum Gasteiger partial charge on any atom is 2.00 e. The van der Waals surface area contributed by atoms with Crippen LogP contribution in [0.2, 0.25) is 0 Å². The van der Waals surface area contributed by atoms with Crippen molar-refractivity contribution < 1.29 is 63.5 Å². The zero-order valence-electron chi connectivity index (χ0n) is 24.1. The number of rotatable bonds is 8. The van der Waals surface area contributed by atoms with Crippen LogP contribution in [0.5, 0.6) is 0 Å². The molecule has 0 spiro atoms. The molecule has 218 valence electrons. The first kappa shape index (κ1) is 36.6. The standard InChI is InChI=1S/C19H22N2S.C13H18N2.2BrH.Pd/c1-16(2)22-13-12-20-15-21(14-17-8-4-3-5-9-17)19-11-7-6-10-18(19)20;1-10(2)14-9-15(11(3)4)13-8-6-5-7-12(13)14;;;/h3-11,16H,12-14H2,1-2H3;5-8,10-11H,1-4H3;2*1H;/q;;;;+2/p-2. The molecular formula is C32H40Br2N4PdS. The van der Waals surface area contributed by atoms with Crippen LogP contribution in [0.4, 0.5) is 0 Å². The number of aromatic nitrogens is 4. The third-order valence-corrected chi connectivity index (χ3v) is 7.39. The zero-order chi connectivity index (χ0) is 26.4. The van der Waals surface area contributed by atoms with Crippen molar-refractivity contribution >= 4 is 33.8 Å². The van der Waals surface area contributed by atoms with E-state index in [1.54, 1.807) is 0 Å². The van der Waals surface area contributed by atoms with Gasteiger partial charge in [0.15, 0.2) is 0 Å². The zero-order valence-corrected chi connectivity index (χ0v) is 29.7. The van der Waals surface area contributed by atoms with E-state index < -0.39 is 0 Å². The van der Waals surface area contributed by atoms with E-state index in [1.165, 1.54) is 27.6 Å². The van der Waals surface area contributed by atoms with Crippen molar-refractivity contribution in [3.05, 3.63) is 97.1 Å². The molecule has 3 aromatic carbocycles. The van der Waals surface area contributed by atoms with E-state index in [9.17, 15) is 0 Å². The molecule has 0 unspecified atom stereocenters. The number of para-hydroxylation sites is 4. The summed E-state index contributed by atoms with van der Waals surface area (Å²) in [7, 11) is 0. The van der Waals surface area contributed by atoms with Crippen LogP contribution in [0.1, 0.15) is 59.2 Å². The first-order chi connectivity index (χ1) is 17.8. The van der Waals surface area contributed by atoms with Gasteiger partial charge in [0.05, 0.1) is 25.2 Å². The fraction of sp³-hybridized carbons (Fsp3) is 0.375. The second-order valence-corrected chi connectivity index (χ2v) is 11.9. The number of benzene rings is 3. The van der Waals surface area contributed by atoms with E-state index in [0.29, 0.717) is 17.3 Å². The minimum atomic E-state index is 0. The number of aryl methyl sites for hydroxylation is 1. The van der Waals surface area contributed by atoms with Gasteiger partial charge in [-0.05, 0) is 38.5 Å². The molecule has 4 nitrogen and oxygen atoms in total. The third kappa shape index (κ3) is 9.29. The normalized spacial score (nSPS) is 10.7. The Kier molecular flexibility index (Phi) is 16.0. The largest absolute Gasteiger partial charge is 2.00 e. The minimum Gasteiger partial charge on any atom is -1.00 e. The predicted molar refractivity (Wildman–Crippen MR) is 156 cm³/mol. The monoisotopic (exact) mass is 776 g/mol. The fourth-order valence-electron chi connectivity index (χ4n) is 4.49. The van der Waals surface area contributed by atoms with Crippen LogP contribution < -0.4 is 43.1 Å². The van der Waals surface area contributed by atoms with Crippen LogP contribution in [0, 0.1) is 12.7 Å². The van der Waals surface area contributed by atoms with E-state index in [4.69, 9.17) is 0 Å². The second-order valence-electron chi connectivity index (χ2n) is 10.2. The van der Waals surface area contributed by atoms with Crippen molar-refractivity contribution in [3.63, 3.8) is 0 Å². The number of fused-ring (bicyclic) bond motifs is 2. The summed E-state index contributed by atoms with van der Waals surface area (Å²) < 4.78 is 8.89. The molecule has 0 amide bonds. The molecule has 0 saturated heterocycles. The molecule has 8 heteroatoms. The minimum absolute atomic E-state index is 0. The van der Waals surface area contributed by atoms with Gasteiger partial charge in [-0.15, -0.1) is 0 Å².